The minimum atomic E-state index is -4.61. The average Bonchev–Trinajstić information content (AvgIpc) is 2.10. The van der Waals surface area contributed by atoms with Crippen LogP contribution < -0.4 is 0 Å². The van der Waals surface area contributed by atoms with Gasteiger partial charge in [0.05, 0.1) is 0 Å². The summed E-state index contributed by atoms with van der Waals surface area (Å²) in [6.07, 6.45) is -4.02. The Morgan fingerprint density at radius 1 is 1.50 bits per heavy atom. The van der Waals surface area contributed by atoms with Crippen LogP contribution in [0.25, 0.3) is 0 Å². The maximum atomic E-state index is 12.3. The van der Waals surface area contributed by atoms with Gasteiger partial charge in [0.15, 0.2) is 5.60 Å². The number of carbonyl (C=O) groups excluding carboxylic acids is 1. The summed E-state index contributed by atoms with van der Waals surface area (Å²) in [4.78, 5) is 11.7. The molecule has 0 bridgehead atoms. The minimum absolute atomic E-state index is 0.143. The van der Waals surface area contributed by atoms with E-state index in [-0.39, 0.29) is 11.7 Å². The summed E-state index contributed by atoms with van der Waals surface area (Å²) in [7, 11) is 0. The average molecular weight is 238 g/mol. The zero-order chi connectivity index (χ0) is 12.6. The first kappa shape index (κ1) is 13.5. The number of Topliss-reactive ketones (excluding diaryl/α,β-unsaturated/α-hetero) is 1. The number of rotatable bonds is 4. The minimum Gasteiger partial charge on any atom is -0.380 e. The molecule has 1 atom stereocenters. The fourth-order valence-electron chi connectivity index (χ4n) is 2.17. The highest BCUT2D eigenvalue weighted by Crippen LogP contribution is 2.49. The molecule has 5 heteroatoms. The van der Waals surface area contributed by atoms with Gasteiger partial charge in [0, 0.05) is 11.8 Å². The Morgan fingerprint density at radius 2 is 2.00 bits per heavy atom. The van der Waals surface area contributed by atoms with Crippen molar-refractivity contribution in [2.24, 2.45) is 11.8 Å². The van der Waals surface area contributed by atoms with Crippen LogP contribution in [0.4, 0.5) is 13.2 Å². The monoisotopic (exact) mass is 238 g/mol. The van der Waals surface area contributed by atoms with Crippen molar-refractivity contribution in [1.82, 2.24) is 0 Å². The third kappa shape index (κ3) is 2.39. The molecule has 1 aliphatic rings. The Bertz CT molecular complexity index is 267. The highest BCUT2D eigenvalue weighted by molar-refractivity contribution is 5.84. The van der Waals surface area contributed by atoms with E-state index in [1.807, 2.05) is 6.92 Å². The predicted molar refractivity (Wildman–Crippen MR) is 52.8 cm³/mol. The Kier molecular flexibility index (Phi) is 3.67. The lowest BCUT2D eigenvalue weighted by Gasteiger charge is -2.44. The van der Waals surface area contributed by atoms with Gasteiger partial charge in [-0.25, -0.2) is 0 Å². The first-order chi connectivity index (χ1) is 7.21. The molecule has 1 rings (SSSR count). The molecule has 0 aromatic carbocycles. The highest BCUT2D eigenvalue weighted by Gasteiger charge is 2.62. The smallest absolute Gasteiger partial charge is 0.380 e. The maximum absolute atomic E-state index is 12.3. The molecule has 1 unspecified atom stereocenters. The van der Waals surface area contributed by atoms with E-state index in [2.05, 4.69) is 0 Å². The van der Waals surface area contributed by atoms with Crippen molar-refractivity contribution in [3.05, 3.63) is 0 Å². The Balaban J connectivity index is 2.50. The van der Waals surface area contributed by atoms with Crippen molar-refractivity contribution in [2.45, 2.75) is 51.3 Å². The van der Waals surface area contributed by atoms with Crippen LogP contribution in [0.15, 0.2) is 0 Å². The first-order valence-corrected chi connectivity index (χ1v) is 5.54. The number of alkyl halides is 3. The van der Waals surface area contributed by atoms with Crippen LogP contribution in [0.5, 0.6) is 0 Å². The number of hydrogen-bond donors (Lipinski definition) is 1. The third-order valence-electron chi connectivity index (χ3n) is 3.31. The molecule has 0 spiro atoms. The molecular formula is C11H17F3O2. The van der Waals surface area contributed by atoms with Crippen molar-refractivity contribution >= 4 is 5.78 Å². The molecule has 0 heterocycles. The van der Waals surface area contributed by atoms with E-state index < -0.39 is 30.5 Å². The predicted octanol–water partition coefficient (Wildman–Crippen LogP) is 2.70. The Morgan fingerprint density at radius 3 is 2.38 bits per heavy atom. The van der Waals surface area contributed by atoms with Crippen molar-refractivity contribution in [1.29, 1.82) is 0 Å². The van der Waals surface area contributed by atoms with Gasteiger partial charge < -0.3 is 5.11 Å². The fourth-order valence-corrected chi connectivity index (χ4v) is 2.17. The van der Waals surface area contributed by atoms with E-state index in [1.54, 1.807) is 6.92 Å². The Hall–Kier alpha value is -0.580. The SMILES string of the molecule is CCCC(C)C(=O)C1CC(O)(C(F)(F)F)C1. The van der Waals surface area contributed by atoms with Crippen molar-refractivity contribution < 1.29 is 23.1 Å². The molecule has 1 fully saturated rings. The second-order valence-electron chi connectivity index (χ2n) is 4.73. The standard InChI is InChI=1S/C11H17F3O2/c1-3-4-7(2)9(15)8-5-10(16,6-8)11(12,13)14/h7-8,16H,3-6H2,1-2H3. The topological polar surface area (TPSA) is 37.3 Å². The van der Waals surface area contributed by atoms with E-state index in [0.717, 1.165) is 6.42 Å². The normalized spacial score (nSPS) is 32.0. The van der Waals surface area contributed by atoms with Crippen LogP contribution in [0, 0.1) is 11.8 Å². The summed E-state index contributed by atoms with van der Waals surface area (Å²) >= 11 is 0. The van der Waals surface area contributed by atoms with E-state index in [0.29, 0.717) is 6.42 Å². The third-order valence-corrected chi connectivity index (χ3v) is 3.31. The zero-order valence-corrected chi connectivity index (χ0v) is 9.47. The number of halogens is 3. The van der Waals surface area contributed by atoms with E-state index in [1.165, 1.54) is 0 Å². The van der Waals surface area contributed by atoms with Gasteiger partial charge in [0.1, 0.15) is 5.78 Å². The van der Waals surface area contributed by atoms with Crippen LogP contribution in [0.3, 0.4) is 0 Å². The molecule has 0 aromatic heterocycles. The molecule has 0 radical (unpaired) electrons. The van der Waals surface area contributed by atoms with Crippen LogP contribution in [-0.4, -0.2) is 22.7 Å². The van der Waals surface area contributed by atoms with Gasteiger partial charge in [-0.3, -0.25) is 4.79 Å². The molecule has 0 amide bonds. The summed E-state index contributed by atoms with van der Waals surface area (Å²) in [5, 5.41) is 9.20. The van der Waals surface area contributed by atoms with Crippen molar-refractivity contribution in [3.8, 4) is 0 Å². The molecule has 0 saturated heterocycles. The summed E-state index contributed by atoms with van der Waals surface area (Å²) in [5.74, 6) is -0.961. The van der Waals surface area contributed by atoms with E-state index in [4.69, 9.17) is 0 Å². The second kappa shape index (κ2) is 4.35. The van der Waals surface area contributed by atoms with Gasteiger partial charge in [0.2, 0.25) is 0 Å². The highest BCUT2D eigenvalue weighted by atomic mass is 19.4. The summed E-state index contributed by atoms with van der Waals surface area (Å²) in [5.41, 5.74) is -2.63. The second-order valence-corrected chi connectivity index (χ2v) is 4.73. The van der Waals surface area contributed by atoms with Gasteiger partial charge in [-0.15, -0.1) is 0 Å². The van der Waals surface area contributed by atoms with Crippen LogP contribution >= 0.6 is 0 Å². The molecule has 2 nitrogen and oxygen atoms in total. The van der Waals surface area contributed by atoms with E-state index in [9.17, 15) is 23.1 Å². The molecule has 94 valence electrons. The first-order valence-electron chi connectivity index (χ1n) is 5.54. The lowest BCUT2D eigenvalue weighted by Crippen LogP contribution is -2.57. The molecule has 1 aliphatic carbocycles. The van der Waals surface area contributed by atoms with Gasteiger partial charge >= 0.3 is 6.18 Å². The van der Waals surface area contributed by atoms with Gasteiger partial charge in [-0.1, -0.05) is 20.3 Å². The molecule has 0 aliphatic heterocycles. The summed E-state index contributed by atoms with van der Waals surface area (Å²) in [6.45, 7) is 3.66. The van der Waals surface area contributed by atoms with Crippen LogP contribution in [-0.2, 0) is 4.79 Å². The van der Waals surface area contributed by atoms with Gasteiger partial charge in [-0.2, -0.15) is 13.2 Å². The largest absolute Gasteiger partial charge is 0.417 e. The maximum Gasteiger partial charge on any atom is 0.417 e. The van der Waals surface area contributed by atoms with E-state index >= 15 is 0 Å². The molecular weight excluding hydrogens is 221 g/mol. The number of carbonyl (C=O) groups is 1. The van der Waals surface area contributed by atoms with Gasteiger partial charge in [0.25, 0.3) is 0 Å². The Labute approximate surface area is 92.8 Å². The van der Waals surface area contributed by atoms with Crippen LogP contribution in [0.1, 0.15) is 39.5 Å². The van der Waals surface area contributed by atoms with Crippen molar-refractivity contribution in [3.63, 3.8) is 0 Å². The van der Waals surface area contributed by atoms with Crippen molar-refractivity contribution in [2.75, 3.05) is 0 Å². The molecule has 0 aromatic rings. The quantitative estimate of drug-likeness (QED) is 0.817. The summed E-state index contributed by atoms with van der Waals surface area (Å²) in [6, 6.07) is 0. The number of hydrogen-bond acceptors (Lipinski definition) is 2. The number of ketones is 1. The molecule has 1 N–H and O–H groups in total. The summed E-state index contributed by atoms with van der Waals surface area (Å²) < 4.78 is 36.9. The number of aliphatic hydroxyl groups is 1. The van der Waals surface area contributed by atoms with Gasteiger partial charge in [-0.05, 0) is 19.3 Å². The van der Waals surface area contributed by atoms with Crippen LogP contribution in [0.2, 0.25) is 0 Å². The fraction of sp³-hybridized carbons (Fsp3) is 0.909. The lowest BCUT2D eigenvalue weighted by atomic mass is 9.66. The molecule has 1 saturated carbocycles. The lowest BCUT2D eigenvalue weighted by molar-refractivity contribution is -0.296. The molecule has 16 heavy (non-hydrogen) atoms. The zero-order valence-electron chi connectivity index (χ0n) is 9.47.